The van der Waals surface area contributed by atoms with E-state index in [4.69, 9.17) is 0 Å². The normalized spacial score (nSPS) is 19.1. The standard InChI is InChI=1S/C21H21N3O3S/c1-24-20-9-7-15(10-13(20)11-21(24)25)28(26,27)23-14-6-8-19-17(12-14)16-4-2-3-5-18(16)22-19/h2-5,7,9-10,14,22-23H,6,8,11-12H2,1H3. The number of hydrogen-bond acceptors (Lipinski definition) is 3. The predicted molar refractivity (Wildman–Crippen MR) is 108 cm³/mol. The zero-order chi connectivity index (χ0) is 19.5. The van der Waals surface area contributed by atoms with Crippen LogP contribution < -0.4 is 9.62 Å². The summed E-state index contributed by atoms with van der Waals surface area (Å²) in [5.41, 5.74) is 5.05. The van der Waals surface area contributed by atoms with Crippen molar-refractivity contribution in [2.75, 3.05) is 11.9 Å². The second-order valence-corrected chi connectivity index (χ2v) is 9.32. The third kappa shape index (κ3) is 2.73. The highest BCUT2D eigenvalue weighted by molar-refractivity contribution is 7.89. The molecule has 0 bridgehead atoms. The molecule has 0 saturated heterocycles. The minimum absolute atomic E-state index is 0.0170. The molecule has 0 saturated carbocycles. The number of carbonyl (C=O) groups excluding carboxylic acids is 1. The van der Waals surface area contributed by atoms with Crippen molar-refractivity contribution in [1.29, 1.82) is 0 Å². The van der Waals surface area contributed by atoms with E-state index in [1.165, 1.54) is 16.6 Å². The topological polar surface area (TPSA) is 82.3 Å². The van der Waals surface area contributed by atoms with Gasteiger partial charge in [0.2, 0.25) is 15.9 Å². The van der Waals surface area contributed by atoms with Crippen molar-refractivity contribution in [3.63, 3.8) is 0 Å². The van der Waals surface area contributed by atoms with E-state index in [-0.39, 0.29) is 23.3 Å². The van der Waals surface area contributed by atoms with Crippen LogP contribution in [0.4, 0.5) is 5.69 Å². The smallest absolute Gasteiger partial charge is 0.240 e. The lowest BCUT2D eigenvalue weighted by atomic mass is 9.92. The monoisotopic (exact) mass is 395 g/mol. The lowest BCUT2D eigenvalue weighted by Crippen LogP contribution is -2.38. The van der Waals surface area contributed by atoms with E-state index >= 15 is 0 Å². The maximum atomic E-state index is 13.0. The van der Waals surface area contributed by atoms with E-state index < -0.39 is 10.0 Å². The number of sulfonamides is 1. The second kappa shape index (κ2) is 6.18. The third-order valence-corrected chi connectivity index (χ3v) is 7.37. The number of aromatic nitrogens is 1. The van der Waals surface area contributed by atoms with Gasteiger partial charge in [-0.2, -0.15) is 0 Å². The first-order chi connectivity index (χ1) is 13.4. The van der Waals surface area contributed by atoms with Crippen molar-refractivity contribution in [2.24, 2.45) is 0 Å². The van der Waals surface area contributed by atoms with Gasteiger partial charge in [-0.3, -0.25) is 4.79 Å². The summed E-state index contributed by atoms with van der Waals surface area (Å²) in [7, 11) is -1.94. The molecule has 0 fully saturated rings. The first-order valence-corrected chi connectivity index (χ1v) is 10.9. The Labute approximate surface area is 163 Å². The second-order valence-electron chi connectivity index (χ2n) is 7.61. The number of aromatic amines is 1. The number of benzene rings is 2. The minimum Gasteiger partial charge on any atom is -0.358 e. The van der Waals surface area contributed by atoms with Crippen molar-refractivity contribution in [1.82, 2.24) is 9.71 Å². The maximum Gasteiger partial charge on any atom is 0.240 e. The lowest BCUT2D eigenvalue weighted by molar-refractivity contribution is -0.117. The Morgan fingerprint density at radius 3 is 2.86 bits per heavy atom. The van der Waals surface area contributed by atoms with E-state index in [0.29, 0.717) is 6.42 Å². The van der Waals surface area contributed by atoms with Crippen LogP contribution in [0.25, 0.3) is 10.9 Å². The van der Waals surface area contributed by atoms with Crippen LogP contribution in [0, 0.1) is 0 Å². The number of rotatable bonds is 3. The summed E-state index contributed by atoms with van der Waals surface area (Å²) < 4.78 is 28.8. The van der Waals surface area contributed by atoms with Gasteiger partial charge in [-0.1, -0.05) is 18.2 Å². The van der Waals surface area contributed by atoms with Gasteiger partial charge in [-0.15, -0.1) is 0 Å². The van der Waals surface area contributed by atoms with Gasteiger partial charge in [0.25, 0.3) is 0 Å². The molecule has 0 spiro atoms. The highest BCUT2D eigenvalue weighted by Gasteiger charge is 2.29. The molecule has 1 amide bonds. The van der Waals surface area contributed by atoms with Crippen LogP contribution in [0.3, 0.4) is 0 Å². The maximum absolute atomic E-state index is 13.0. The summed E-state index contributed by atoms with van der Waals surface area (Å²) >= 11 is 0. The fraction of sp³-hybridized carbons (Fsp3) is 0.286. The molecule has 7 heteroatoms. The first kappa shape index (κ1) is 17.5. The molecule has 6 nitrogen and oxygen atoms in total. The van der Waals surface area contributed by atoms with E-state index in [2.05, 4.69) is 21.8 Å². The Morgan fingerprint density at radius 2 is 2.00 bits per heavy atom. The lowest BCUT2D eigenvalue weighted by Gasteiger charge is -2.23. The summed E-state index contributed by atoms with van der Waals surface area (Å²) in [6.45, 7) is 0. The number of amides is 1. The number of aryl methyl sites for hydroxylation is 1. The Hall–Kier alpha value is -2.64. The molecular weight excluding hydrogens is 374 g/mol. The molecule has 2 aliphatic rings. The Balaban J connectivity index is 1.41. The van der Waals surface area contributed by atoms with Gasteiger partial charge in [0, 0.05) is 35.4 Å². The molecule has 2 heterocycles. The highest BCUT2D eigenvalue weighted by atomic mass is 32.2. The average Bonchev–Trinajstić information content (AvgIpc) is 3.18. The Kier molecular flexibility index (Phi) is 3.86. The zero-order valence-corrected chi connectivity index (χ0v) is 16.3. The number of hydrogen-bond donors (Lipinski definition) is 2. The fourth-order valence-electron chi connectivity index (χ4n) is 4.37. The predicted octanol–water partition coefficient (Wildman–Crippen LogP) is 2.52. The van der Waals surface area contributed by atoms with Crippen LogP contribution in [0.5, 0.6) is 0 Å². The molecular formula is C21H21N3O3S. The van der Waals surface area contributed by atoms with Gasteiger partial charge in [-0.05, 0) is 54.7 Å². The van der Waals surface area contributed by atoms with Crippen molar-refractivity contribution < 1.29 is 13.2 Å². The largest absolute Gasteiger partial charge is 0.358 e. The van der Waals surface area contributed by atoms with E-state index in [9.17, 15) is 13.2 Å². The minimum atomic E-state index is -3.65. The summed E-state index contributed by atoms with van der Waals surface area (Å²) in [4.78, 5) is 17.1. The highest BCUT2D eigenvalue weighted by Crippen LogP contribution is 2.31. The molecule has 1 aromatic heterocycles. The molecule has 1 aliphatic carbocycles. The molecule has 144 valence electrons. The molecule has 0 radical (unpaired) electrons. The number of likely N-dealkylation sites (N-methyl/N-ethyl adjacent to an activating group) is 1. The van der Waals surface area contributed by atoms with E-state index in [1.807, 2.05) is 12.1 Å². The third-order valence-electron chi connectivity index (χ3n) is 5.86. The fourth-order valence-corrected chi connectivity index (χ4v) is 5.69. The number of nitrogens with one attached hydrogen (secondary N) is 2. The van der Waals surface area contributed by atoms with E-state index in [0.717, 1.165) is 29.6 Å². The Morgan fingerprint density at radius 1 is 1.18 bits per heavy atom. The number of anilines is 1. The van der Waals surface area contributed by atoms with Crippen LogP contribution in [-0.4, -0.2) is 32.4 Å². The number of carbonyl (C=O) groups is 1. The quantitative estimate of drug-likeness (QED) is 0.715. The molecule has 2 N–H and O–H groups in total. The first-order valence-electron chi connectivity index (χ1n) is 9.42. The van der Waals surface area contributed by atoms with Gasteiger partial charge < -0.3 is 9.88 Å². The Bertz CT molecular complexity index is 1210. The van der Waals surface area contributed by atoms with Crippen molar-refractivity contribution in [2.45, 2.75) is 36.6 Å². The molecule has 5 rings (SSSR count). The summed E-state index contributed by atoms with van der Waals surface area (Å²) in [6, 6.07) is 12.9. The van der Waals surface area contributed by atoms with Gasteiger partial charge >= 0.3 is 0 Å². The molecule has 1 atom stereocenters. The van der Waals surface area contributed by atoms with Gasteiger partial charge in [0.1, 0.15) is 0 Å². The van der Waals surface area contributed by atoms with Crippen molar-refractivity contribution in [3.8, 4) is 0 Å². The molecule has 2 aromatic carbocycles. The average molecular weight is 395 g/mol. The van der Waals surface area contributed by atoms with Crippen LogP contribution >= 0.6 is 0 Å². The number of H-pyrrole nitrogens is 1. The molecule has 1 unspecified atom stereocenters. The molecule has 1 aliphatic heterocycles. The number of para-hydroxylation sites is 1. The van der Waals surface area contributed by atoms with Crippen LogP contribution in [0.2, 0.25) is 0 Å². The van der Waals surface area contributed by atoms with Crippen molar-refractivity contribution in [3.05, 3.63) is 59.3 Å². The number of nitrogens with zero attached hydrogens (tertiary/aromatic N) is 1. The summed E-state index contributed by atoms with van der Waals surface area (Å²) in [6.07, 6.45) is 2.49. The van der Waals surface area contributed by atoms with Crippen LogP contribution in [0.1, 0.15) is 23.2 Å². The molecule has 3 aromatic rings. The van der Waals surface area contributed by atoms with Crippen LogP contribution in [0.15, 0.2) is 47.4 Å². The summed E-state index contributed by atoms with van der Waals surface area (Å²) in [5, 5.41) is 1.17. The summed E-state index contributed by atoms with van der Waals surface area (Å²) in [5.74, 6) is -0.0170. The SMILES string of the molecule is CN1C(=O)Cc2cc(S(=O)(=O)NC3CCc4[nH]c5ccccc5c4C3)ccc21. The van der Waals surface area contributed by atoms with Gasteiger partial charge in [-0.25, -0.2) is 13.1 Å². The zero-order valence-electron chi connectivity index (χ0n) is 15.5. The number of fused-ring (bicyclic) bond motifs is 4. The van der Waals surface area contributed by atoms with Gasteiger partial charge in [0.05, 0.1) is 11.3 Å². The van der Waals surface area contributed by atoms with E-state index in [1.54, 1.807) is 30.1 Å². The van der Waals surface area contributed by atoms with Gasteiger partial charge in [0.15, 0.2) is 0 Å². The van der Waals surface area contributed by atoms with Crippen LogP contribution in [-0.2, 0) is 34.1 Å². The molecule has 28 heavy (non-hydrogen) atoms. The van der Waals surface area contributed by atoms with Crippen molar-refractivity contribution >= 4 is 32.5 Å².